The summed E-state index contributed by atoms with van der Waals surface area (Å²) < 4.78 is 1.50. The number of hydrazine groups is 1. The van der Waals surface area contributed by atoms with Gasteiger partial charge in [-0.2, -0.15) is 9.78 Å². The van der Waals surface area contributed by atoms with E-state index in [-0.39, 0.29) is 6.03 Å². The Bertz CT molecular complexity index is 837. The van der Waals surface area contributed by atoms with E-state index in [2.05, 4.69) is 10.1 Å². The third kappa shape index (κ3) is 2.67. The average molecular weight is 320 g/mol. The van der Waals surface area contributed by atoms with Gasteiger partial charge in [0.05, 0.1) is 17.4 Å². The maximum absolute atomic E-state index is 13.3. The van der Waals surface area contributed by atoms with Crippen molar-refractivity contribution in [3.8, 4) is 0 Å². The highest BCUT2D eigenvalue weighted by Crippen LogP contribution is 2.23. The first-order chi connectivity index (χ1) is 11.8. The van der Waals surface area contributed by atoms with Gasteiger partial charge in [-0.1, -0.05) is 42.8 Å². The first-order valence-electron chi connectivity index (χ1n) is 8.42. The largest absolute Gasteiger partial charge is 0.364 e. The number of carbonyl (C=O) groups is 1. The SMILES string of the molecule is O=C(N(c1ccccc1)N1CCCCC1)n1ncc2ccccc21. The average Bonchev–Trinajstić information content (AvgIpc) is 3.08. The molecule has 1 aliphatic heterocycles. The van der Waals surface area contributed by atoms with Crippen LogP contribution in [0.25, 0.3) is 10.9 Å². The number of amides is 1. The molecule has 24 heavy (non-hydrogen) atoms. The number of rotatable bonds is 2. The summed E-state index contributed by atoms with van der Waals surface area (Å²) in [6.45, 7) is 1.78. The van der Waals surface area contributed by atoms with Gasteiger partial charge < -0.3 is 0 Å². The lowest BCUT2D eigenvalue weighted by atomic mass is 10.1. The fourth-order valence-corrected chi connectivity index (χ4v) is 3.26. The van der Waals surface area contributed by atoms with Crippen molar-refractivity contribution >= 4 is 22.6 Å². The Balaban J connectivity index is 1.76. The van der Waals surface area contributed by atoms with Crippen molar-refractivity contribution in [1.82, 2.24) is 14.8 Å². The number of hydrogen-bond acceptors (Lipinski definition) is 3. The van der Waals surface area contributed by atoms with Gasteiger partial charge in [0.2, 0.25) is 0 Å². The van der Waals surface area contributed by atoms with Crippen LogP contribution in [-0.2, 0) is 0 Å². The predicted molar refractivity (Wildman–Crippen MR) is 94.9 cm³/mol. The van der Waals surface area contributed by atoms with E-state index < -0.39 is 0 Å². The Morgan fingerprint density at radius 2 is 1.62 bits per heavy atom. The number of nitrogens with zero attached hydrogens (tertiary/aromatic N) is 4. The molecule has 3 aromatic rings. The summed E-state index contributed by atoms with van der Waals surface area (Å²) in [7, 11) is 0. The number of aromatic nitrogens is 2. The van der Waals surface area contributed by atoms with Crippen molar-refractivity contribution in [2.45, 2.75) is 19.3 Å². The summed E-state index contributed by atoms with van der Waals surface area (Å²) in [4.78, 5) is 13.3. The first kappa shape index (κ1) is 14.9. The highest BCUT2D eigenvalue weighted by atomic mass is 16.2. The number of hydrogen-bond donors (Lipinski definition) is 0. The Labute approximate surface area is 141 Å². The summed E-state index contributed by atoms with van der Waals surface area (Å²) >= 11 is 0. The molecule has 1 aromatic heterocycles. The maximum Gasteiger partial charge on any atom is 0.364 e. The molecule has 5 nitrogen and oxygen atoms in total. The molecule has 2 heterocycles. The second-order valence-corrected chi connectivity index (χ2v) is 6.06. The normalized spacial score (nSPS) is 15.5. The highest BCUT2D eigenvalue weighted by Gasteiger charge is 2.27. The van der Waals surface area contributed by atoms with E-state index in [9.17, 15) is 4.79 Å². The lowest BCUT2D eigenvalue weighted by Crippen LogP contribution is -2.51. The van der Waals surface area contributed by atoms with E-state index in [1.54, 1.807) is 11.2 Å². The van der Waals surface area contributed by atoms with Gasteiger partial charge in [0.15, 0.2) is 0 Å². The minimum absolute atomic E-state index is 0.135. The summed E-state index contributed by atoms with van der Waals surface area (Å²) in [5.74, 6) is 0. The first-order valence-corrected chi connectivity index (χ1v) is 8.42. The van der Waals surface area contributed by atoms with Gasteiger partial charge in [-0.15, -0.1) is 0 Å². The number of benzene rings is 2. The van der Waals surface area contributed by atoms with E-state index >= 15 is 0 Å². The minimum Gasteiger partial charge on any atom is -0.244 e. The third-order valence-corrected chi connectivity index (χ3v) is 4.46. The van der Waals surface area contributed by atoms with Crippen LogP contribution in [-0.4, -0.2) is 33.9 Å². The van der Waals surface area contributed by atoms with E-state index in [4.69, 9.17) is 0 Å². The molecule has 1 amide bonds. The molecule has 0 saturated carbocycles. The number of para-hydroxylation sites is 2. The maximum atomic E-state index is 13.3. The van der Waals surface area contributed by atoms with Crippen molar-refractivity contribution in [3.05, 3.63) is 60.8 Å². The molecule has 0 unspecified atom stereocenters. The molecule has 2 aromatic carbocycles. The molecule has 0 atom stereocenters. The zero-order valence-electron chi connectivity index (χ0n) is 13.5. The predicted octanol–water partition coefficient (Wildman–Crippen LogP) is 3.91. The molecule has 0 radical (unpaired) electrons. The molecule has 5 heteroatoms. The number of anilines is 1. The summed E-state index contributed by atoms with van der Waals surface area (Å²) in [5, 5.41) is 9.22. The van der Waals surface area contributed by atoms with E-state index in [0.717, 1.165) is 42.5 Å². The number of carbonyl (C=O) groups excluding carboxylic acids is 1. The van der Waals surface area contributed by atoms with Crippen LogP contribution in [0.4, 0.5) is 10.5 Å². The Hall–Kier alpha value is -2.66. The molecule has 0 N–H and O–H groups in total. The second-order valence-electron chi connectivity index (χ2n) is 6.06. The zero-order valence-corrected chi connectivity index (χ0v) is 13.5. The van der Waals surface area contributed by atoms with E-state index in [0.29, 0.717) is 0 Å². The van der Waals surface area contributed by atoms with E-state index in [1.165, 1.54) is 11.1 Å². The van der Waals surface area contributed by atoms with Crippen LogP contribution in [0.5, 0.6) is 0 Å². The van der Waals surface area contributed by atoms with Gasteiger partial charge in [-0.3, -0.25) is 0 Å². The lowest BCUT2D eigenvalue weighted by Gasteiger charge is -2.36. The van der Waals surface area contributed by atoms with Crippen molar-refractivity contribution in [2.75, 3.05) is 18.1 Å². The van der Waals surface area contributed by atoms with Gasteiger partial charge in [-0.05, 0) is 31.0 Å². The molecule has 0 aliphatic carbocycles. The fourth-order valence-electron chi connectivity index (χ4n) is 3.26. The number of piperidine rings is 1. The quantitative estimate of drug-likeness (QED) is 0.719. The Kier molecular flexibility index (Phi) is 4.01. The Morgan fingerprint density at radius 1 is 0.917 bits per heavy atom. The zero-order chi connectivity index (χ0) is 16.4. The van der Waals surface area contributed by atoms with Crippen molar-refractivity contribution in [2.24, 2.45) is 0 Å². The van der Waals surface area contributed by atoms with Gasteiger partial charge in [0.1, 0.15) is 0 Å². The van der Waals surface area contributed by atoms with Crippen LogP contribution in [0.2, 0.25) is 0 Å². The summed E-state index contributed by atoms with van der Waals surface area (Å²) in [5.41, 5.74) is 1.71. The monoisotopic (exact) mass is 320 g/mol. The van der Waals surface area contributed by atoms with Gasteiger partial charge in [0, 0.05) is 18.5 Å². The molecule has 1 fully saturated rings. The van der Waals surface area contributed by atoms with Crippen LogP contribution in [0.15, 0.2) is 60.8 Å². The van der Waals surface area contributed by atoms with Crippen LogP contribution in [0, 0.1) is 0 Å². The third-order valence-electron chi connectivity index (χ3n) is 4.46. The van der Waals surface area contributed by atoms with Crippen LogP contribution >= 0.6 is 0 Å². The topological polar surface area (TPSA) is 41.4 Å². The standard InChI is InChI=1S/C19H20N4O/c24-19(22-18-12-6-5-9-16(18)15-20-22)23(17-10-3-1-4-11-17)21-13-7-2-8-14-21/h1,3-6,9-12,15H,2,7-8,13-14H2. The summed E-state index contributed by atoms with van der Waals surface area (Å²) in [6, 6.07) is 17.5. The van der Waals surface area contributed by atoms with E-state index in [1.807, 2.05) is 54.6 Å². The molecule has 1 saturated heterocycles. The smallest absolute Gasteiger partial charge is 0.244 e. The molecule has 0 bridgehead atoms. The number of fused-ring (bicyclic) bond motifs is 1. The fraction of sp³-hybridized carbons (Fsp3) is 0.263. The van der Waals surface area contributed by atoms with Gasteiger partial charge in [-0.25, -0.2) is 14.8 Å². The van der Waals surface area contributed by atoms with Crippen LogP contribution < -0.4 is 5.01 Å². The van der Waals surface area contributed by atoms with Crippen LogP contribution in [0.3, 0.4) is 0 Å². The highest BCUT2D eigenvalue weighted by molar-refractivity contribution is 5.98. The molecule has 0 spiro atoms. The van der Waals surface area contributed by atoms with Crippen LogP contribution in [0.1, 0.15) is 19.3 Å². The van der Waals surface area contributed by atoms with Crippen molar-refractivity contribution < 1.29 is 4.79 Å². The van der Waals surface area contributed by atoms with Gasteiger partial charge in [0.25, 0.3) is 0 Å². The second kappa shape index (κ2) is 6.45. The van der Waals surface area contributed by atoms with Crippen molar-refractivity contribution in [1.29, 1.82) is 0 Å². The molecular formula is C19H20N4O. The molecule has 1 aliphatic rings. The molecule has 4 rings (SSSR count). The Morgan fingerprint density at radius 3 is 2.42 bits per heavy atom. The molecule has 122 valence electrons. The lowest BCUT2D eigenvalue weighted by molar-refractivity contribution is 0.191. The van der Waals surface area contributed by atoms with Gasteiger partial charge >= 0.3 is 6.03 Å². The summed E-state index contributed by atoms with van der Waals surface area (Å²) in [6.07, 6.45) is 5.18. The van der Waals surface area contributed by atoms with Crippen molar-refractivity contribution in [3.63, 3.8) is 0 Å². The molecular weight excluding hydrogens is 300 g/mol. The minimum atomic E-state index is -0.135.